The molecule has 10 heteroatoms. The normalized spacial score (nSPS) is 10.8. The monoisotopic (exact) mass is 411 g/mol. The smallest absolute Gasteiger partial charge is 0.273 e. The number of aryl methyl sites for hydroxylation is 1. The maximum absolute atomic E-state index is 12.8. The number of benzene rings is 2. The lowest BCUT2D eigenvalue weighted by atomic mass is 10.2. The minimum Gasteiger partial charge on any atom is -0.495 e. The van der Waals surface area contributed by atoms with Crippen molar-refractivity contribution in [1.29, 1.82) is 5.26 Å². The number of rotatable bonds is 6. The van der Waals surface area contributed by atoms with Crippen LogP contribution in [0.15, 0.2) is 59.6 Å². The molecule has 2 N–H and O–H groups in total. The van der Waals surface area contributed by atoms with Gasteiger partial charge in [-0.3, -0.25) is 14.2 Å². The molecule has 1 amide bonds. The van der Waals surface area contributed by atoms with Crippen LogP contribution in [0.2, 0.25) is 0 Å². The van der Waals surface area contributed by atoms with E-state index in [0.29, 0.717) is 16.9 Å². The van der Waals surface area contributed by atoms with Crippen LogP contribution in [0.4, 0.5) is 11.4 Å². The van der Waals surface area contributed by atoms with Crippen LogP contribution in [0.3, 0.4) is 0 Å². The number of nitrogens with zero attached hydrogens (tertiary/aromatic N) is 3. The number of anilines is 2. The van der Waals surface area contributed by atoms with Crippen molar-refractivity contribution in [2.45, 2.75) is 4.90 Å². The Hall–Kier alpha value is -3.84. The van der Waals surface area contributed by atoms with Crippen molar-refractivity contribution < 1.29 is 17.9 Å². The summed E-state index contributed by atoms with van der Waals surface area (Å²) in [7, 11) is -1.02. The second kappa shape index (κ2) is 8.04. The summed E-state index contributed by atoms with van der Waals surface area (Å²) < 4.78 is 34.6. The van der Waals surface area contributed by atoms with Crippen LogP contribution in [-0.2, 0) is 17.1 Å². The van der Waals surface area contributed by atoms with Crippen LogP contribution in [0.25, 0.3) is 0 Å². The first-order valence-corrected chi connectivity index (χ1v) is 9.83. The molecule has 3 aromatic rings. The van der Waals surface area contributed by atoms with Crippen molar-refractivity contribution in [3.8, 4) is 11.8 Å². The SMILES string of the molecule is COc1cc(NC(=O)c2ccnn2C)ccc1S(=O)(=O)Nc1cccc(C#N)c1. The summed E-state index contributed by atoms with van der Waals surface area (Å²) in [4.78, 5) is 12.2. The molecular weight excluding hydrogens is 394 g/mol. The predicted octanol–water partition coefficient (Wildman–Crippen LogP) is 2.35. The molecule has 0 aliphatic carbocycles. The molecular formula is C19H17N5O4S. The number of ether oxygens (including phenoxy) is 1. The van der Waals surface area contributed by atoms with Gasteiger partial charge < -0.3 is 10.1 Å². The fourth-order valence-corrected chi connectivity index (χ4v) is 3.82. The number of carbonyl (C=O) groups is 1. The second-order valence-electron chi connectivity index (χ2n) is 5.96. The van der Waals surface area contributed by atoms with Crippen LogP contribution in [0, 0.1) is 11.3 Å². The molecule has 9 nitrogen and oxygen atoms in total. The Morgan fingerprint density at radius 3 is 2.62 bits per heavy atom. The molecule has 2 aromatic carbocycles. The van der Waals surface area contributed by atoms with Crippen molar-refractivity contribution in [2.75, 3.05) is 17.1 Å². The van der Waals surface area contributed by atoms with E-state index in [0.717, 1.165) is 0 Å². The zero-order valence-corrected chi connectivity index (χ0v) is 16.4. The van der Waals surface area contributed by atoms with Crippen molar-refractivity contribution in [3.05, 3.63) is 66.0 Å². The van der Waals surface area contributed by atoms with E-state index < -0.39 is 15.9 Å². The summed E-state index contributed by atoms with van der Waals surface area (Å²) in [5.41, 5.74) is 1.28. The van der Waals surface area contributed by atoms with Crippen LogP contribution in [-0.4, -0.2) is 31.2 Å². The van der Waals surface area contributed by atoms with Gasteiger partial charge in [-0.2, -0.15) is 10.4 Å². The van der Waals surface area contributed by atoms with Gasteiger partial charge in [-0.1, -0.05) is 6.07 Å². The third-order valence-corrected chi connectivity index (χ3v) is 5.43. The lowest BCUT2D eigenvalue weighted by Gasteiger charge is -2.13. The fraction of sp³-hybridized carbons (Fsp3) is 0.105. The Bertz CT molecular complexity index is 1210. The number of hydrogen-bond acceptors (Lipinski definition) is 6. The Morgan fingerprint density at radius 2 is 1.97 bits per heavy atom. The zero-order chi connectivity index (χ0) is 21.0. The number of nitrogens with one attached hydrogen (secondary N) is 2. The van der Waals surface area contributed by atoms with E-state index in [1.807, 2.05) is 6.07 Å². The molecule has 1 heterocycles. The Morgan fingerprint density at radius 1 is 1.17 bits per heavy atom. The Kier molecular flexibility index (Phi) is 5.52. The first kappa shape index (κ1) is 19.9. The first-order valence-electron chi connectivity index (χ1n) is 8.34. The molecule has 0 aliphatic heterocycles. The summed E-state index contributed by atoms with van der Waals surface area (Å²) in [5, 5.41) is 15.6. The molecule has 0 fully saturated rings. The molecule has 29 heavy (non-hydrogen) atoms. The lowest BCUT2D eigenvalue weighted by molar-refractivity contribution is 0.101. The van der Waals surface area contributed by atoms with Gasteiger partial charge in [0.05, 0.1) is 24.4 Å². The molecule has 0 saturated carbocycles. The van der Waals surface area contributed by atoms with Gasteiger partial charge in [0, 0.05) is 25.0 Å². The van der Waals surface area contributed by atoms with Crippen molar-refractivity contribution in [1.82, 2.24) is 9.78 Å². The number of hydrogen-bond donors (Lipinski definition) is 2. The van der Waals surface area contributed by atoms with Crippen LogP contribution in [0.1, 0.15) is 16.1 Å². The maximum Gasteiger partial charge on any atom is 0.273 e. The average molecular weight is 411 g/mol. The second-order valence-corrected chi connectivity index (χ2v) is 7.61. The molecule has 3 rings (SSSR count). The lowest BCUT2D eigenvalue weighted by Crippen LogP contribution is -2.17. The summed E-state index contributed by atoms with van der Waals surface area (Å²) in [6, 6.07) is 13.8. The topological polar surface area (TPSA) is 126 Å². The quantitative estimate of drug-likeness (QED) is 0.641. The number of carbonyl (C=O) groups excluding carboxylic acids is 1. The summed E-state index contributed by atoms with van der Waals surface area (Å²) >= 11 is 0. The Labute approximate surface area is 167 Å². The molecule has 0 radical (unpaired) electrons. The molecule has 148 valence electrons. The maximum atomic E-state index is 12.8. The van der Waals surface area contributed by atoms with E-state index >= 15 is 0 Å². The van der Waals surface area contributed by atoms with Crippen molar-refractivity contribution >= 4 is 27.3 Å². The van der Waals surface area contributed by atoms with Crippen LogP contribution < -0.4 is 14.8 Å². The average Bonchev–Trinajstić information content (AvgIpc) is 3.13. The first-order chi connectivity index (χ1) is 13.8. The van der Waals surface area contributed by atoms with Gasteiger partial charge in [0.25, 0.3) is 15.9 Å². The van der Waals surface area contributed by atoms with Gasteiger partial charge in [0.2, 0.25) is 0 Å². The van der Waals surface area contributed by atoms with Gasteiger partial charge in [-0.25, -0.2) is 8.42 Å². The zero-order valence-electron chi connectivity index (χ0n) is 15.6. The minimum absolute atomic E-state index is 0.0525. The highest BCUT2D eigenvalue weighted by atomic mass is 32.2. The van der Waals surface area contributed by atoms with E-state index in [1.165, 1.54) is 48.3 Å². The summed E-state index contributed by atoms with van der Waals surface area (Å²) in [5.74, 6) is -0.342. The summed E-state index contributed by atoms with van der Waals surface area (Å²) in [6.07, 6.45) is 1.50. The number of sulfonamides is 1. The van der Waals surface area contributed by atoms with Gasteiger partial charge in [0.15, 0.2) is 0 Å². The van der Waals surface area contributed by atoms with Crippen molar-refractivity contribution in [2.24, 2.45) is 7.05 Å². The largest absolute Gasteiger partial charge is 0.495 e. The highest BCUT2D eigenvalue weighted by molar-refractivity contribution is 7.92. The third kappa shape index (κ3) is 4.36. The van der Waals surface area contributed by atoms with Gasteiger partial charge >= 0.3 is 0 Å². The fourth-order valence-electron chi connectivity index (χ4n) is 2.62. The number of methoxy groups -OCH3 is 1. The Balaban J connectivity index is 1.87. The van der Waals surface area contributed by atoms with Crippen molar-refractivity contribution in [3.63, 3.8) is 0 Å². The molecule has 1 aromatic heterocycles. The predicted molar refractivity (Wildman–Crippen MR) is 106 cm³/mol. The highest BCUT2D eigenvalue weighted by Gasteiger charge is 2.21. The molecule has 0 atom stereocenters. The molecule has 0 bridgehead atoms. The molecule has 0 spiro atoms. The molecule has 0 unspecified atom stereocenters. The molecule has 0 aliphatic rings. The van der Waals surface area contributed by atoms with Crippen LogP contribution in [0.5, 0.6) is 5.75 Å². The minimum atomic E-state index is -3.99. The standard InChI is InChI=1S/C19H17N5O4S/c1-24-16(8-9-21-24)19(25)22-14-6-7-18(17(11-14)28-2)29(26,27)23-15-5-3-4-13(10-15)12-20/h3-11,23H,1-2H3,(H,22,25). The van der Waals surface area contributed by atoms with E-state index in [2.05, 4.69) is 15.1 Å². The van der Waals surface area contributed by atoms with E-state index in [-0.39, 0.29) is 16.3 Å². The van der Waals surface area contributed by atoms with E-state index in [9.17, 15) is 13.2 Å². The third-order valence-electron chi connectivity index (χ3n) is 4.01. The van der Waals surface area contributed by atoms with E-state index in [4.69, 9.17) is 10.00 Å². The van der Waals surface area contributed by atoms with Crippen LogP contribution >= 0.6 is 0 Å². The highest BCUT2D eigenvalue weighted by Crippen LogP contribution is 2.29. The van der Waals surface area contributed by atoms with Gasteiger partial charge in [-0.05, 0) is 36.4 Å². The number of amides is 1. The van der Waals surface area contributed by atoms with E-state index in [1.54, 1.807) is 25.2 Å². The number of aromatic nitrogens is 2. The summed E-state index contributed by atoms with van der Waals surface area (Å²) in [6.45, 7) is 0. The van der Waals surface area contributed by atoms with Gasteiger partial charge in [-0.15, -0.1) is 0 Å². The number of nitriles is 1. The van der Waals surface area contributed by atoms with Gasteiger partial charge in [0.1, 0.15) is 16.3 Å². The molecule has 0 saturated heterocycles.